The van der Waals surface area contributed by atoms with Gasteiger partial charge in [-0.1, -0.05) is 51.5 Å². The van der Waals surface area contributed by atoms with Crippen LogP contribution in [0.3, 0.4) is 0 Å². The molecule has 0 spiro atoms. The first kappa shape index (κ1) is 14.1. The molecular weight excluding hydrogens is 220 g/mol. The third kappa shape index (κ3) is 3.25. The summed E-state index contributed by atoms with van der Waals surface area (Å²) in [4.78, 5) is 0. The maximum atomic E-state index is 13.6. The van der Waals surface area contributed by atoms with Crippen molar-refractivity contribution < 1.29 is 8.78 Å². The molecule has 0 aliphatic carbocycles. The third-order valence-corrected chi connectivity index (χ3v) is 3.16. The highest BCUT2D eigenvalue weighted by atomic mass is 19.3. The summed E-state index contributed by atoms with van der Waals surface area (Å²) in [5.41, 5.74) is 6.58. The van der Waals surface area contributed by atoms with Crippen LogP contribution in [0.2, 0.25) is 0 Å². The molecule has 0 atom stereocenters. The van der Waals surface area contributed by atoms with Gasteiger partial charge >= 0.3 is 0 Å². The molecular formula is C14H21F2N. The SMILES string of the molecule is CCCC(F)(F)c1ccc(C(C)(C)CN)cc1. The average Bonchev–Trinajstić information content (AvgIpc) is 2.29. The van der Waals surface area contributed by atoms with Gasteiger partial charge in [-0.2, -0.15) is 0 Å². The van der Waals surface area contributed by atoms with Crippen LogP contribution in [-0.2, 0) is 11.3 Å². The Labute approximate surface area is 102 Å². The summed E-state index contributed by atoms with van der Waals surface area (Å²) in [6.45, 7) is 6.27. The summed E-state index contributed by atoms with van der Waals surface area (Å²) >= 11 is 0. The molecule has 0 aromatic heterocycles. The fourth-order valence-corrected chi connectivity index (χ4v) is 1.74. The van der Waals surface area contributed by atoms with E-state index in [1.807, 2.05) is 13.8 Å². The molecule has 2 N–H and O–H groups in total. The van der Waals surface area contributed by atoms with E-state index in [-0.39, 0.29) is 17.4 Å². The van der Waals surface area contributed by atoms with Crippen LogP contribution in [0.25, 0.3) is 0 Å². The summed E-state index contributed by atoms with van der Waals surface area (Å²) in [6.07, 6.45) is 0.371. The normalized spacial score (nSPS) is 12.8. The van der Waals surface area contributed by atoms with E-state index < -0.39 is 5.92 Å². The van der Waals surface area contributed by atoms with Crippen LogP contribution >= 0.6 is 0 Å². The fourth-order valence-electron chi connectivity index (χ4n) is 1.74. The second kappa shape index (κ2) is 5.13. The summed E-state index contributed by atoms with van der Waals surface area (Å²) in [5.74, 6) is -2.72. The minimum Gasteiger partial charge on any atom is -0.330 e. The number of nitrogens with two attached hydrogens (primary N) is 1. The van der Waals surface area contributed by atoms with Crippen LogP contribution in [0, 0.1) is 0 Å². The van der Waals surface area contributed by atoms with Gasteiger partial charge in [0.05, 0.1) is 0 Å². The number of hydrogen-bond acceptors (Lipinski definition) is 1. The molecule has 1 aromatic carbocycles. The van der Waals surface area contributed by atoms with Gasteiger partial charge in [-0.25, -0.2) is 8.78 Å². The van der Waals surface area contributed by atoms with Crippen molar-refractivity contribution in [2.75, 3.05) is 6.54 Å². The lowest BCUT2D eigenvalue weighted by Gasteiger charge is -2.24. The van der Waals surface area contributed by atoms with E-state index in [9.17, 15) is 8.78 Å². The Balaban J connectivity index is 2.96. The minimum atomic E-state index is -2.72. The monoisotopic (exact) mass is 241 g/mol. The molecule has 0 saturated carbocycles. The largest absolute Gasteiger partial charge is 0.330 e. The van der Waals surface area contributed by atoms with Crippen molar-refractivity contribution in [2.45, 2.75) is 45.0 Å². The Morgan fingerprint density at radius 3 is 1.94 bits per heavy atom. The van der Waals surface area contributed by atoms with Gasteiger partial charge in [-0.3, -0.25) is 0 Å². The van der Waals surface area contributed by atoms with Crippen molar-refractivity contribution in [1.82, 2.24) is 0 Å². The van der Waals surface area contributed by atoms with E-state index in [1.165, 1.54) is 12.1 Å². The molecule has 1 rings (SSSR count). The zero-order chi connectivity index (χ0) is 13.1. The van der Waals surface area contributed by atoms with Gasteiger partial charge in [0.1, 0.15) is 0 Å². The molecule has 3 heteroatoms. The topological polar surface area (TPSA) is 26.0 Å². The summed E-state index contributed by atoms with van der Waals surface area (Å²) in [6, 6.07) is 6.54. The Kier molecular flexibility index (Phi) is 4.26. The lowest BCUT2D eigenvalue weighted by atomic mass is 9.84. The maximum absolute atomic E-state index is 13.6. The van der Waals surface area contributed by atoms with Crippen LogP contribution in [0.4, 0.5) is 8.78 Å². The molecule has 1 aromatic rings. The summed E-state index contributed by atoms with van der Waals surface area (Å²) in [7, 11) is 0. The number of halogens is 2. The minimum absolute atomic E-state index is 0.0934. The molecule has 0 radical (unpaired) electrons. The van der Waals surface area contributed by atoms with Gasteiger partial charge in [0.25, 0.3) is 5.92 Å². The van der Waals surface area contributed by atoms with Gasteiger partial charge in [0.2, 0.25) is 0 Å². The average molecular weight is 241 g/mol. The van der Waals surface area contributed by atoms with E-state index in [1.54, 1.807) is 19.1 Å². The number of benzene rings is 1. The first-order chi connectivity index (χ1) is 7.83. The van der Waals surface area contributed by atoms with E-state index in [0.717, 1.165) is 5.56 Å². The smallest absolute Gasteiger partial charge is 0.273 e. The molecule has 0 heterocycles. The Morgan fingerprint density at radius 2 is 1.53 bits per heavy atom. The Bertz CT molecular complexity index is 355. The zero-order valence-electron chi connectivity index (χ0n) is 10.8. The van der Waals surface area contributed by atoms with Crippen molar-refractivity contribution in [2.24, 2.45) is 5.73 Å². The van der Waals surface area contributed by atoms with Crippen LogP contribution < -0.4 is 5.73 Å². The van der Waals surface area contributed by atoms with Crippen LogP contribution in [-0.4, -0.2) is 6.54 Å². The second-order valence-electron chi connectivity index (χ2n) is 5.12. The van der Waals surface area contributed by atoms with Crippen molar-refractivity contribution in [3.63, 3.8) is 0 Å². The van der Waals surface area contributed by atoms with E-state index in [2.05, 4.69) is 0 Å². The lowest BCUT2D eigenvalue weighted by molar-refractivity contribution is -0.0140. The second-order valence-corrected chi connectivity index (χ2v) is 5.12. The van der Waals surface area contributed by atoms with Crippen molar-refractivity contribution in [3.05, 3.63) is 35.4 Å². The highest BCUT2D eigenvalue weighted by molar-refractivity contribution is 5.30. The Morgan fingerprint density at radius 1 is 1.06 bits per heavy atom. The van der Waals surface area contributed by atoms with Crippen LogP contribution in [0.15, 0.2) is 24.3 Å². The maximum Gasteiger partial charge on any atom is 0.273 e. The molecule has 0 unspecified atom stereocenters. The highest BCUT2D eigenvalue weighted by Crippen LogP contribution is 2.34. The van der Waals surface area contributed by atoms with Gasteiger partial charge < -0.3 is 5.73 Å². The zero-order valence-corrected chi connectivity index (χ0v) is 10.8. The number of rotatable bonds is 5. The number of alkyl halides is 2. The van der Waals surface area contributed by atoms with E-state index >= 15 is 0 Å². The first-order valence-corrected chi connectivity index (χ1v) is 6.02. The van der Waals surface area contributed by atoms with Crippen molar-refractivity contribution in [3.8, 4) is 0 Å². The molecule has 0 saturated heterocycles. The summed E-state index contributed by atoms with van der Waals surface area (Å²) < 4.78 is 27.3. The van der Waals surface area contributed by atoms with Gasteiger partial charge in [0, 0.05) is 23.9 Å². The predicted molar refractivity (Wildman–Crippen MR) is 67.3 cm³/mol. The molecule has 96 valence electrons. The third-order valence-electron chi connectivity index (χ3n) is 3.16. The van der Waals surface area contributed by atoms with Crippen LogP contribution in [0.5, 0.6) is 0 Å². The van der Waals surface area contributed by atoms with E-state index in [4.69, 9.17) is 5.73 Å². The number of hydrogen-bond donors (Lipinski definition) is 1. The standard InChI is InChI=1S/C14H21F2N/c1-4-9-14(15,16)12-7-5-11(6-8-12)13(2,3)10-17/h5-8H,4,9-10,17H2,1-3H3. The molecule has 0 fully saturated rings. The van der Waals surface area contributed by atoms with Gasteiger partial charge in [0.15, 0.2) is 0 Å². The summed E-state index contributed by atoms with van der Waals surface area (Å²) in [5, 5.41) is 0. The molecule has 0 bridgehead atoms. The molecule has 0 amide bonds. The quantitative estimate of drug-likeness (QED) is 0.833. The van der Waals surface area contributed by atoms with Crippen molar-refractivity contribution >= 4 is 0 Å². The molecule has 1 nitrogen and oxygen atoms in total. The Hall–Kier alpha value is -0.960. The van der Waals surface area contributed by atoms with E-state index in [0.29, 0.717) is 13.0 Å². The highest BCUT2D eigenvalue weighted by Gasteiger charge is 2.30. The molecule has 0 aliphatic heterocycles. The molecule has 0 aliphatic rings. The van der Waals surface area contributed by atoms with Crippen molar-refractivity contribution in [1.29, 1.82) is 0 Å². The van der Waals surface area contributed by atoms with Gasteiger partial charge in [-0.15, -0.1) is 0 Å². The predicted octanol–water partition coefficient (Wildman–Crippen LogP) is 3.81. The lowest BCUT2D eigenvalue weighted by Crippen LogP contribution is -2.28. The van der Waals surface area contributed by atoms with Gasteiger partial charge in [-0.05, 0) is 5.56 Å². The van der Waals surface area contributed by atoms with Crippen LogP contribution in [0.1, 0.15) is 44.7 Å². The molecule has 17 heavy (non-hydrogen) atoms. The first-order valence-electron chi connectivity index (χ1n) is 6.02. The fraction of sp³-hybridized carbons (Fsp3) is 0.571.